The summed E-state index contributed by atoms with van der Waals surface area (Å²) in [6.07, 6.45) is -0.271. The lowest BCUT2D eigenvalue weighted by Gasteiger charge is -2.18. The summed E-state index contributed by atoms with van der Waals surface area (Å²) >= 11 is 0. The number of ether oxygens (including phenoxy) is 1. The van der Waals surface area contributed by atoms with Crippen LogP contribution in [-0.4, -0.2) is 11.9 Å². The molecule has 3 rings (SSSR count). The van der Waals surface area contributed by atoms with Crippen LogP contribution in [0.15, 0.2) is 78.9 Å². The molecule has 0 radical (unpaired) electrons. The van der Waals surface area contributed by atoms with Crippen LogP contribution in [0.5, 0.6) is 0 Å². The molecule has 3 aromatic carbocycles. The van der Waals surface area contributed by atoms with Gasteiger partial charge in [-0.2, -0.15) is 0 Å². The van der Waals surface area contributed by atoms with E-state index in [0.29, 0.717) is 16.8 Å². The zero-order valence-corrected chi connectivity index (χ0v) is 15.4. The Bertz CT molecular complexity index is 938. The molecule has 0 aliphatic carbocycles. The third kappa shape index (κ3) is 4.82. The van der Waals surface area contributed by atoms with Crippen molar-refractivity contribution in [2.75, 3.05) is 5.32 Å². The Kier molecular flexibility index (Phi) is 6.17. The van der Waals surface area contributed by atoms with Crippen molar-refractivity contribution < 1.29 is 18.7 Å². The topological polar surface area (TPSA) is 55.4 Å². The van der Waals surface area contributed by atoms with Gasteiger partial charge in [-0.25, -0.2) is 9.18 Å². The van der Waals surface area contributed by atoms with E-state index < -0.39 is 23.8 Å². The number of carbonyl (C=O) groups excluding carboxylic acids is 2. The van der Waals surface area contributed by atoms with Crippen LogP contribution in [0.3, 0.4) is 0 Å². The van der Waals surface area contributed by atoms with E-state index >= 15 is 0 Å². The maximum absolute atomic E-state index is 13.1. The molecule has 0 saturated heterocycles. The Balaban J connectivity index is 1.81. The van der Waals surface area contributed by atoms with Gasteiger partial charge in [-0.15, -0.1) is 0 Å². The van der Waals surface area contributed by atoms with Crippen molar-refractivity contribution in [3.63, 3.8) is 0 Å². The van der Waals surface area contributed by atoms with E-state index in [2.05, 4.69) is 5.32 Å². The molecule has 3 aromatic rings. The van der Waals surface area contributed by atoms with Crippen molar-refractivity contribution in [1.82, 2.24) is 0 Å². The van der Waals surface area contributed by atoms with E-state index in [4.69, 9.17) is 4.74 Å². The molecule has 0 bridgehead atoms. The molecular weight excluding hydrogens is 357 g/mol. The first-order valence-electron chi connectivity index (χ1n) is 8.98. The van der Waals surface area contributed by atoms with Gasteiger partial charge in [0.2, 0.25) is 6.10 Å². The van der Waals surface area contributed by atoms with Gasteiger partial charge in [-0.1, -0.05) is 49.4 Å². The quantitative estimate of drug-likeness (QED) is 0.620. The van der Waals surface area contributed by atoms with Gasteiger partial charge in [0.15, 0.2) is 0 Å². The molecule has 142 valence electrons. The molecule has 0 aromatic heterocycles. The van der Waals surface area contributed by atoms with E-state index in [1.165, 1.54) is 24.3 Å². The monoisotopic (exact) mass is 377 g/mol. The molecule has 0 unspecified atom stereocenters. The second-order valence-corrected chi connectivity index (χ2v) is 6.24. The normalized spacial score (nSPS) is 11.5. The Morgan fingerprint density at radius 2 is 1.57 bits per heavy atom. The van der Waals surface area contributed by atoms with Crippen LogP contribution >= 0.6 is 0 Å². The van der Waals surface area contributed by atoms with Crippen molar-refractivity contribution in [1.29, 1.82) is 0 Å². The fourth-order valence-electron chi connectivity index (χ4n) is 2.69. The van der Waals surface area contributed by atoms with Gasteiger partial charge in [0.05, 0.1) is 5.56 Å². The third-order valence-electron chi connectivity index (χ3n) is 4.27. The van der Waals surface area contributed by atoms with Crippen LogP contribution in [0.1, 0.15) is 34.5 Å². The lowest BCUT2D eigenvalue weighted by Crippen LogP contribution is -2.26. The number of rotatable bonds is 6. The first-order chi connectivity index (χ1) is 13.6. The maximum atomic E-state index is 13.1. The summed E-state index contributed by atoms with van der Waals surface area (Å²) in [5, 5.41) is 2.66. The van der Waals surface area contributed by atoms with Crippen molar-refractivity contribution in [2.45, 2.75) is 19.4 Å². The average Bonchev–Trinajstić information content (AvgIpc) is 2.74. The Labute approximate surface area is 163 Å². The van der Waals surface area contributed by atoms with Crippen LogP contribution in [-0.2, 0) is 16.0 Å². The van der Waals surface area contributed by atoms with Crippen molar-refractivity contribution >= 4 is 17.6 Å². The number of anilines is 1. The molecule has 0 fully saturated rings. The SMILES string of the molecule is CCc1ccc(C(=O)O[C@@H](C(=O)Nc2ccc(F)cc2)c2ccccc2)cc1. The van der Waals surface area contributed by atoms with Crippen molar-refractivity contribution in [3.8, 4) is 0 Å². The Morgan fingerprint density at radius 3 is 2.18 bits per heavy atom. The zero-order chi connectivity index (χ0) is 19.9. The van der Waals surface area contributed by atoms with Gasteiger partial charge >= 0.3 is 5.97 Å². The van der Waals surface area contributed by atoms with E-state index in [1.54, 1.807) is 36.4 Å². The van der Waals surface area contributed by atoms with E-state index in [1.807, 2.05) is 25.1 Å². The molecule has 0 heterocycles. The van der Waals surface area contributed by atoms with Crippen LogP contribution in [0.2, 0.25) is 0 Å². The number of esters is 1. The van der Waals surface area contributed by atoms with Crippen molar-refractivity contribution in [3.05, 3.63) is 101 Å². The maximum Gasteiger partial charge on any atom is 0.339 e. The van der Waals surface area contributed by atoms with Gasteiger partial charge < -0.3 is 10.1 Å². The minimum absolute atomic E-state index is 0.368. The second kappa shape index (κ2) is 8.95. The minimum Gasteiger partial charge on any atom is -0.444 e. The summed E-state index contributed by atoms with van der Waals surface area (Å²) in [6, 6.07) is 21.2. The standard InChI is InChI=1S/C23H20FNO3/c1-2-16-8-10-18(11-9-16)23(27)28-21(17-6-4-3-5-7-17)22(26)25-20-14-12-19(24)13-15-20/h3-15,21H,2H2,1H3,(H,25,26)/t21-/m1/s1. The second-order valence-electron chi connectivity index (χ2n) is 6.24. The fraction of sp³-hybridized carbons (Fsp3) is 0.130. The molecular formula is C23H20FNO3. The Hall–Kier alpha value is -3.47. The van der Waals surface area contributed by atoms with E-state index in [-0.39, 0.29) is 0 Å². The highest BCUT2D eigenvalue weighted by molar-refractivity contribution is 5.98. The summed E-state index contributed by atoms with van der Waals surface area (Å²) in [7, 11) is 0. The first-order valence-corrected chi connectivity index (χ1v) is 8.98. The van der Waals surface area contributed by atoms with Gasteiger partial charge in [0.25, 0.3) is 5.91 Å². The number of carbonyl (C=O) groups is 2. The predicted molar refractivity (Wildman–Crippen MR) is 105 cm³/mol. The lowest BCUT2D eigenvalue weighted by atomic mass is 10.1. The zero-order valence-electron chi connectivity index (χ0n) is 15.4. The highest BCUT2D eigenvalue weighted by Crippen LogP contribution is 2.22. The fourth-order valence-corrected chi connectivity index (χ4v) is 2.69. The van der Waals surface area contributed by atoms with Gasteiger partial charge in [0, 0.05) is 11.3 Å². The minimum atomic E-state index is -1.13. The van der Waals surface area contributed by atoms with E-state index in [0.717, 1.165) is 12.0 Å². The highest BCUT2D eigenvalue weighted by Gasteiger charge is 2.25. The van der Waals surface area contributed by atoms with Gasteiger partial charge in [-0.05, 0) is 48.4 Å². The molecule has 0 spiro atoms. The van der Waals surface area contributed by atoms with Crippen LogP contribution < -0.4 is 5.32 Å². The summed E-state index contributed by atoms with van der Waals surface area (Å²) in [5.74, 6) is -1.51. The molecule has 1 amide bonds. The summed E-state index contributed by atoms with van der Waals surface area (Å²) in [6.45, 7) is 2.03. The Morgan fingerprint density at radius 1 is 0.929 bits per heavy atom. The number of benzene rings is 3. The van der Waals surface area contributed by atoms with Crippen LogP contribution in [0.4, 0.5) is 10.1 Å². The molecule has 0 aliphatic rings. The predicted octanol–water partition coefficient (Wildman–Crippen LogP) is 4.92. The van der Waals surface area contributed by atoms with Crippen LogP contribution in [0.25, 0.3) is 0 Å². The summed E-state index contributed by atoms with van der Waals surface area (Å²) < 4.78 is 18.6. The number of hydrogen-bond acceptors (Lipinski definition) is 3. The highest BCUT2D eigenvalue weighted by atomic mass is 19.1. The largest absolute Gasteiger partial charge is 0.444 e. The lowest BCUT2D eigenvalue weighted by molar-refractivity contribution is -0.125. The number of hydrogen-bond donors (Lipinski definition) is 1. The first kappa shape index (κ1) is 19.3. The number of amides is 1. The molecule has 1 N–H and O–H groups in total. The van der Waals surface area contributed by atoms with E-state index in [9.17, 15) is 14.0 Å². The summed E-state index contributed by atoms with van der Waals surface area (Å²) in [4.78, 5) is 25.4. The molecule has 5 heteroatoms. The number of nitrogens with one attached hydrogen (secondary N) is 1. The van der Waals surface area contributed by atoms with Gasteiger partial charge in [-0.3, -0.25) is 4.79 Å². The number of aryl methyl sites for hydroxylation is 1. The third-order valence-corrected chi connectivity index (χ3v) is 4.27. The molecule has 1 atom stereocenters. The molecule has 28 heavy (non-hydrogen) atoms. The van der Waals surface area contributed by atoms with Gasteiger partial charge in [0.1, 0.15) is 5.82 Å². The molecule has 0 aliphatic heterocycles. The average molecular weight is 377 g/mol. The van der Waals surface area contributed by atoms with Crippen molar-refractivity contribution in [2.24, 2.45) is 0 Å². The van der Waals surface area contributed by atoms with Crippen LogP contribution in [0, 0.1) is 5.82 Å². The summed E-state index contributed by atoms with van der Waals surface area (Å²) in [5.41, 5.74) is 2.43. The molecule has 0 saturated carbocycles. The number of halogens is 1. The smallest absolute Gasteiger partial charge is 0.339 e. The molecule has 4 nitrogen and oxygen atoms in total.